The van der Waals surface area contributed by atoms with Crippen molar-refractivity contribution in [1.82, 2.24) is 9.62 Å². The summed E-state index contributed by atoms with van der Waals surface area (Å²) in [6.07, 6.45) is 3.19. The maximum Gasteiger partial charge on any atom is 0.251 e. The van der Waals surface area contributed by atoms with Crippen molar-refractivity contribution in [2.24, 2.45) is 0 Å². The van der Waals surface area contributed by atoms with Gasteiger partial charge in [-0.15, -0.1) is 0 Å². The summed E-state index contributed by atoms with van der Waals surface area (Å²) < 4.78 is 27.0. The largest absolute Gasteiger partial charge is 0.352 e. The van der Waals surface area contributed by atoms with E-state index in [2.05, 4.69) is 12.2 Å². The number of benzene rings is 2. The van der Waals surface area contributed by atoms with Gasteiger partial charge < -0.3 is 5.32 Å². The Hall–Kier alpha value is -2.18. The van der Waals surface area contributed by atoms with Gasteiger partial charge in [-0.3, -0.25) is 4.79 Å². The molecule has 146 valence electrons. The highest BCUT2D eigenvalue weighted by Gasteiger charge is 2.22. The average Bonchev–Trinajstić information content (AvgIpc) is 2.70. The number of hydrogen-bond donors (Lipinski definition) is 1. The third-order valence-electron chi connectivity index (χ3n) is 4.37. The third kappa shape index (κ3) is 5.91. The molecule has 2 aromatic rings. The number of carbonyl (C=O) groups is 1. The van der Waals surface area contributed by atoms with E-state index < -0.39 is 10.0 Å². The van der Waals surface area contributed by atoms with Gasteiger partial charge in [0.05, 0.1) is 4.90 Å². The second kappa shape index (κ2) is 10.2. The van der Waals surface area contributed by atoms with Gasteiger partial charge in [-0.1, -0.05) is 57.0 Å². The lowest BCUT2D eigenvalue weighted by molar-refractivity contribution is 0.0953. The van der Waals surface area contributed by atoms with Gasteiger partial charge in [0.2, 0.25) is 10.0 Å². The molecule has 1 amide bonds. The van der Waals surface area contributed by atoms with Gasteiger partial charge in [-0.05, 0) is 36.2 Å². The maximum atomic E-state index is 12.8. The number of nitrogens with zero attached hydrogens (tertiary/aromatic N) is 1. The summed E-state index contributed by atoms with van der Waals surface area (Å²) in [5, 5.41) is 2.91. The predicted molar refractivity (Wildman–Crippen MR) is 108 cm³/mol. The van der Waals surface area contributed by atoms with E-state index in [9.17, 15) is 13.2 Å². The Balaban J connectivity index is 2.03. The first-order valence-corrected chi connectivity index (χ1v) is 10.9. The van der Waals surface area contributed by atoms with Crippen molar-refractivity contribution < 1.29 is 13.2 Å². The van der Waals surface area contributed by atoms with Crippen LogP contribution in [-0.4, -0.2) is 31.7 Å². The molecule has 0 spiro atoms. The molecule has 0 aliphatic heterocycles. The lowest BCUT2D eigenvalue weighted by atomic mass is 10.1. The van der Waals surface area contributed by atoms with Crippen molar-refractivity contribution >= 4 is 15.9 Å². The van der Waals surface area contributed by atoms with E-state index in [1.165, 1.54) is 4.31 Å². The Morgan fingerprint density at radius 1 is 0.963 bits per heavy atom. The quantitative estimate of drug-likeness (QED) is 0.629. The molecule has 1 N–H and O–H groups in total. The molecule has 0 fully saturated rings. The Morgan fingerprint density at radius 2 is 1.63 bits per heavy atom. The molecule has 0 saturated carbocycles. The smallest absolute Gasteiger partial charge is 0.251 e. The van der Waals surface area contributed by atoms with Gasteiger partial charge in [0, 0.05) is 25.2 Å². The monoisotopic (exact) mass is 388 g/mol. The first-order chi connectivity index (χ1) is 13.0. The number of carbonyl (C=O) groups excluding carboxylic acids is 1. The molecule has 0 unspecified atom stereocenters. The molecule has 0 aliphatic rings. The minimum Gasteiger partial charge on any atom is -0.352 e. The van der Waals surface area contributed by atoms with E-state index in [1.54, 1.807) is 42.5 Å². The predicted octanol–water partition coefficient (Wildman–Crippen LogP) is 3.82. The summed E-state index contributed by atoms with van der Waals surface area (Å²) in [5.74, 6) is -0.0955. The minimum absolute atomic E-state index is 0.0955. The summed E-state index contributed by atoms with van der Waals surface area (Å²) in [6.45, 7) is 5.26. The zero-order valence-electron chi connectivity index (χ0n) is 16.0. The van der Waals surface area contributed by atoms with E-state index in [0.29, 0.717) is 18.7 Å². The fraction of sp³-hybridized carbons (Fsp3) is 0.381. The van der Waals surface area contributed by atoms with Gasteiger partial charge >= 0.3 is 0 Å². The number of unbranched alkanes of at least 4 members (excludes halogenated alkanes) is 2. The lowest BCUT2D eigenvalue weighted by Crippen LogP contribution is -2.30. The van der Waals surface area contributed by atoms with E-state index in [1.807, 2.05) is 19.1 Å². The number of amides is 1. The summed E-state index contributed by atoms with van der Waals surface area (Å²) in [6, 6.07) is 15.5. The molecule has 6 heteroatoms. The van der Waals surface area contributed by atoms with Crippen LogP contribution in [0.4, 0.5) is 0 Å². The average molecular weight is 389 g/mol. The van der Waals surface area contributed by atoms with Gasteiger partial charge in [-0.2, -0.15) is 4.31 Å². The molecule has 0 aliphatic carbocycles. The maximum absolute atomic E-state index is 12.8. The molecule has 0 radical (unpaired) electrons. The second-order valence-electron chi connectivity index (χ2n) is 6.40. The zero-order valence-corrected chi connectivity index (χ0v) is 16.8. The minimum atomic E-state index is -3.54. The van der Waals surface area contributed by atoms with Gasteiger partial charge in [0.15, 0.2) is 0 Å². The number of hydrogen-bond acceptors (Lipinski definition) is 3. The van der Waals surface area contributed by atoms with Crippen LogP contribution in [0.1, 0.15) is 49.0 Å². The Labute approximate surface area is 162 Å². The molecule has 0 atom stereocenters. The molecule has 2 aromatic carbocycles. The van der Waals surface area contributed by atoms with Gasteiger partial charge in [0.25, 0.3) is 5.91 Å². The Kier molecular flexibility index (Phi) is 8.00. The van der Waals surface area contributed by atoms with Crippen molar-refractivity contribution in [3.05, 3.63) is 65.7 Å². The van der Waals surface area contributed by atoms with Crippen LogP contribution in [0.2, 0.25) is 0 Å². The fourth-order valence-corrected chi connectivity index (χ4v) is 4.21. The normalized spacial score (nSPS) is 11.5. The number of rotatable bonds is 10. The van der Waals surface area contributed by atoms with Crippen LogP contribution >= 0.6 is 0 Å². The summed E-state index contributed by atoms with van der Waals surface area (Å²) in [4.78, 5) is 12.4. The van der Waals surface area contributed by atoms with E-state index in [4.69, 9.17) is 0 Å². The van der Waals surface area contributed by atoms with Crippen molar-refractivity contribution in [2.45, 2.75) is 44.6 Å². The van der Waals surface area contributed by atoms with Crippen LogP contribution in [-0.2, 0) is 16.6 Å². The molecule has 0 aromatic heterocycles. The lowest BCUT2D eigenvalue weighted by Gasteiger charge is -2.20. The van der Waals surface area contributed by atoms with Crippen LogP contribution in [0.25, 0.3) is 0 Å². The third-order valence-corrected chi connectivity index (χ3v) is 6.31. The fourth-order valence-electron chi connectivity index (χ4n) is 2.75. The summed E-state index contributed by atoms with van der Waals surface area (Å²) >= 11 is 0. The molecule has 0 bridgehead atoms. The molecule has 0 saturated heterocycles. The second-order valence-corrected chi connectivity index (χ2v) is 8.34. The van der Waals surface area contributed by atoms with E-state index >= 15 is 0 Å². The van der Waals surface area contributed by atoms with Crippen molar-refractivity contribution in [2.75, 3.05) is 13.1 Å². The first-order valence-electron chi connectivity index (χ1n) is 9.41. The van der Waals surface area contributed by atoms with Crippen LogP contribution in [0, 0.1) is 0 Å². The highest BCUT2D eigenvalue weighted by Crippen LogP contribution is 2.18. The Bertz CT molecular complexity index is 818. The SMILES string of the molecule is CCCCCNC(=O)c1ccc(CN(CC)S(=O)(=O)c2ccccc2)cc1. The molecule has 27 heavy (non-hydrogen) atoms. The Morgan fingerprint density at radius 3 is 2.22 bits per heavy atom. The number of nitrogens with one attached hydrogen (secondary N) is 1. The highest BCUT2D eigenvalue weighted by atomic mass is 32.2. The molecule has 0 heterocycles. The molecular formula is C21H28N2O3S. The van der Waals surface area contributed by atoms with Crippen molar-refractivity contribution in [3.8, 4) is 0 Å². The van der Waals surface area contributed by atoms with E-state index in [0.717, 1.165) is 24.8 Å². The first kappa shape index (κ1) is 21.1. The molecule has 5 nitrogen and oxygen atoms in total. The van der Waals surface area contributed by atoms with Gasteiger partial charge in [-0.25, -0.2) is 8.42 Å². The zero-order chi connectivity index (χ0) is 19.7. The topological polar surface area (TPSA) is 66.5 Å². The molecule has 2 rings (SSSR count). The van der Waals surface area contributed by atoms with Crippen LogP contribution in [0.3, 0.4) is 0 Å². The van der Waals surface area contributed by atoms with Crippen LogP contribution < -0.4 is 5.32 Å². The highest BCUT2D eigenvalue weighted by molar-refractivity contribution is 7.89. The standard InChI is InChI=1S/C21H28N2O3S/c1-3-5-9-16-22-21(24)19-14-12-18(13-15-19)17-23(4-2)27(25,26)20-10-7-6-8-11-20/h6-8,10-15H,3-5,9,16-17H2,1-2H3,(H,22,24). The van der Waals surface area contributed by atoms with Gasteiger partial charge in [0.1, 0.15) is 0 Å². The summed E-state index contributed by atoms with van der Waals surface area (Å²) in [7, 11) is -3.54. The molecular weight excluding hydrogens is 360 g/mol. The van der Waals surface area contributed by atoms with Crippen molar-refractivity contribution in [3.63, 3.8) is 0 Å². The summed E-state index contributed by atoms with van der Waals surface area (Å²) in [5.41, 5.74) is 1.43. The van der Waals surface area contributed by atoms with Crippen LogP contribution in [0.5, 0.6) is 0 Å². The van der Waals surface area contributed by atoms with E-state index in [-0.39, 0.29) is 17.3 Å². The van der Waals surface area contributed by atoms with Crippen molar-refractivity contribution in [1.29, 1.82) is 0 Å². The number of sulfonamides is 1. The van der Waals surface area contributed by atoms with Crippen LogP contribution in [0.15, 0.2) is 59.5 Å².